The largest absolute Gasteiger partial charge is 0.399 e. The van der Waals surface area contributed by atoms with Crippen molar-refractivity contribution in [3.8, 4) is 0 Å². The zero-order valence-corrected chi connectivity index (χ0v) is 7.37. The summed E-state index contributed by atoms with van der Waals surface area (Å²) in [5.41, 5.74) is 11.8. The average Bonchev–Trinajstić information content (AvgIpc) is 2.01. The molecule has 1 aromatic rings. The lowest BCUT2D eigenvalue weighted by molar-refractivity contribution is 0.164. The van der Waals surface area contributed by atoms with Crippen LogP contribution in [0.1, 0.15) is 18.5 Å². The Balaban J connectivity index is 3.01. The van der Waals surface area contributed by atoms with Crippen LogP contribution in [-0.4, -0.2) is 11.2 Å². The molecule has 0 aliphatic carbocycles. The van der Waals surface area contributed by atoms with Crippen LogP contribution in [0.15, 0.2) is 18.2 Å². The lowest BCUT2D eigenvalue weighted by Crippen LogP contribution is -2.23. The van der Waals surface area contributed by atoms with E-state index in [-0.39, 0.29) is 0 Å². The molecular weight excluding hydrogens is 171 g/mol. The Labute approximate surface area is 76.2 Å². The summed E-state index contributed by atoms with van der Waals surface area (Å²) in [6.07, 6.45) is -0.721. The third-order valence-corrected chi connectivity index (χ3v) is 1.85. The van der Waals surface area contributed by atoms with E-state index in [4.69, 9.17) is 16.6 Å². The fraction of sp³-hybridized carbons (Fsp3) is 0.333. The van der Waals surface area contributed by atoms with E-state index in [1.807, 2.05) is 0 Å². The number of aliphatic hydroxyl groups excluding tert-OH is 1. The van der Waals surface area contributed by atoms with Crippen LogP contribution < -0.4 is 11.5 Å². The summed E-state index contributed by atoms with van der Waals surface area (Å²) in [6.45, 7) is 1.55. The van der Waals surface area contributed by atoms with Crippen molar-refractivity contribution < 1.29 is 9.50 Å². The number of aliphatic hydroxyl groups is 1. The van der Waals surface area contributed by atoms with Crippen LogP contribution in [0, 0.1) is 5.82 Å². The van der Waals surface area contributed by atoms with Crippen molar-refractivity contribution in [2.45, 2.75) is 19.1 Å². The molecule has 1 rings (SSSR count). The Morgan fingerprint density at radius 2 is 2.00 bits per heavy atom. The summed E-state index contributed by atoms with van der Waals surface area (Å²) in [7, 11) is 0. The van der Waals surface area contributed by atoms with Crippen molar-refractivity contribution in [2.75, 3.05) is 5.73 Å². The molecule has 72 valence electrons. The normalized spacial score (nSPS) is 15.4. The minimum atomic E-state index is -0.721. The molecule has 0 amide bonds. The highest BCUT2D eigenvalue weighted by molar-refractivity contribution is 5.42. The van der Waals surface area contributed by atoms with Gasteiger partial charge in [-0.1, -0.05) is 0 Å². The highest BCUT2D eigenvalue weighted by Gasteiger charge is 2.12. The molecule has 0 unspecified atom stereocenters. The van der Waals surface area contributed by atoms with E-state index in [1.54, 1.807) is 13.0 Å². The van der Waals surface area contributed by atoms with Crippen LogP contribution in [-0.2, 0) is 0 Å². The van der Waals surface area contributed by atoms with Crippen molar-refractivity contribution >= 4 is 5.69 Å². The molecule has 2 atom stereocenters. The summed E-state index contributed by atoms with van der Waals surface area (Å²) < 4.78 is 12.8. The molecule has 1 aromatic carbocycles. The molecule has 5 N–H and O–H groups in total. The highest BCUT2D eigenvalue weighted by atomic mass is 19.1. The average molecular weight is 184 g/mol. The van der Waals surface area contributed by atoms with E-state index in [2.05, 4.69) is 0 Å². The van der Waals surface area contributed by atoms with Gasteiger partial charge in [-0.2, -0.15) is 0 Å². The number of nitrogen functional groups attached to an aromatic ring is 1. The third kappa shape index (κ3) is 2.40. The van der Waals surface area contributed by atoms with Crippen molar-refractivity contribution in [2.24, 2.45) is 5.73 Å². The van der Waals surface area contributed by atoms with Gasteiger partial charge >= 0.3 is 0 Å². The lowest BCUT2D eigenvalue weighted by atomic mass is 10.0. The smallest absolute Gasteiger partial charge is 0.125 e. The van der Waals surface area contributed by atoms with Gasteiger partial charge in [0.25, 0.3) is 0 Å². The quantitative estimate of drug-likeness (QED) is 0.595. The van der Waals surface area contributed by atoms with E-state index in [0.29, 0.717) is 11.3 Å². The minimum absolute atomic E-state index is 0.311. The number of rotatable bonds is 2. The maximum atomic E-state index is 12.8. The van der Waals surface area contributed by atoms with Crippen molar-refractivity contribution in [3.63, 3.8) is 0 Å². The van der Waals surface area contributed by atoms with Crippen LogP contribution in [0.4, 0.5) is 10.1 Å². The first-order chi connectivity index (χ1) is 6.00. The molecule has 0 bridgehead atoms. The topological polar surface area (TPSA) is 72.3 Å². The maximum absolute atomic E-state index is 12.8. The summed E-state index contributed by atoms with van der Waals surface area (Å²) in [6, 6.07) is 3.44. The lowest BCUT2D eigenvalue weighted by Gasteiger charge is -2.15. The summed E-state index contributed by atoms with van der Waals surface area (Å²) >= 11 is 0. The van der Waals surface area contributed by atoms with E-state index in [1.165, 1.54) is 12.1 Å². The summed E-state index contributed by atoms with van der Waals surface area (Å²) in [5.74, 6) is -0.439. The SMILES string of the molecule is C[C@@H](O)[C@@H](N)c1cc(N)cc(F)c1. The molecule has 0 heterocycles. The first kappa shape index (κ1) is 9.95. The monoisotopic (exact) mass is 184 g/mol. The Kier molecular flexibility index (Phi) is 2.85. The molecule has 0 aliphatic heterocycles. The molecule has 4 heteroatoms. The molecule has 0 aromatic heterocycles. The van der Waals surface area contributed by atoms with E-state index >= 15 is 0 Å². The van der Waals surface area contributed by atoms with Gasteiger partial charge < -0.3 is 16.6 Å². The molecule has 0 radical (unpaired) electrons. The number of benzene rings is 1. The molecule has 0 spiro atoms. The first-order valence-electron chi connectivity index (χ1n) is 4.00. The summed E-state index contributed by atoms with van der Waals surface area (Å²) in [5, 5.41) is 9.17. The van der Waals surface area contributed by atoms with E-state index in [0.717, 1.165) is 0 Å². The molecule has 0 fully saturated rings. The molecule has 0 aliphatic rings. The zero-order chi connectivity index (χ0) is 10.0. The fourth-order valence-electron chi connectivity index (χ4n) is 1.11. The Bertz CT molecular complexity index is 281. The van der Waals surface area contributed by atoms with Gasteiger partial charge in [0.2, 0.25) is 0 Å². The van der Waals surface area contributed by atoms with Gasteiger partial charge in [-0.3, -0.25) is 0 Å². The van der Waals surface area contributed by atoms with Crippen LogP contribution in [0.2, 0.25) is 0 Å². The highest BCUT2D eigenvalue weighted by Crippen LogP contribution is 2.18. The zero-order valence-electron chi connectivity index (χ0n) is 7.37. The van der Waals surface area contributed by atoms with E-state index < -0.39 is 18.0 Å². The van der Waals surface area contributed by atoms with Crippen LogP contribution in [0.25, 0.3) is 0 Å². The number of nitrogens with two attached hydrogens (primary N) is 2. The van der Waals surface area contributed by atoms with E-state index in [9.17, 15) is 4.39 Å². The second-order valence-electron chi connectivity index (χ2n) is 3.08. The Morgan fingerprint density at radius 3 is 2.46 bits per heavy atom. The van der Waals surface area contributed by atoms with Crippen molar-refractivity contribution in [1.82, 2.24) is 0 Å². The number of anilines is 1. The van der Waals surface area contributed by atoms with Gasteiger partial charge in [-0.05, 0) is 30.7 Å². The second-order valence-corrected chi connectivity index (χ2v) is 3.08. The Morgan fingerprint density at radius 1 is 1.38 bits per heavy atom. The predicted molar refractivity (Wildman–Crippen MR) is 49.4 cm³/mol. The van der Waals surface area contributed by atoms with Crippen LogP contribution in [0.3, 0.4) is 0 Å². The molecule has 13 heavy (non-hydrogen) atoms. The number of hydrogen-bond acceptors (Lipinski definition) is 3. The van der Waals surface area contributed by atoms with Gasteiger partial charge in [-0.15, -0.1) is 0 Å². The molecular formula is C9H13FN2O. The molecule has 0 saturated heterocycles. The predicted octanol–water partition coefficient (Wildman–Crippen LogP) is 0.788. The number of hydrogen-bond donors (Lipinski definition) is 3. The van der Waals surface area contributed by atoms with Gasteiger partial charge in [-0.25, -0.2) is 4.39 Å². The Hall–Kier alpha value is -1.13. The third-order valence-electron chi connectivity index (χ3n) is 1.85. The second kappa shape index (κ2) is 3.72. The van der Waals surface area contributed by atoms with Gasteiger partial charge in [0, 0.05) is 5.69 Å². The van der Waals surface area contributed by atoms with Crippen LogP contribution >= 0.6 is 0 Å². The fourth-order valence-corrected chi connectivity index (χ4v) is 1.11. The van der Waals surface area contributed by atoms with Gasteiger partial charge in [0.15, 0.2) is 0 Å². The number of halogens is 1. The molecule has 3 nitrogen and oxygen atoms in total. The standard InChI is InChI=1S/C9H13FN2O/c1-5(13)9(12)6-2-7(10)4-8(11)3-6/h2-5,9,13H,11-12H2,1H3/t5-,9-/m1/s1. The van der Waals surface area contributed by atoms with Crippen molar-refractivity contribution in [3.05, 3.63) is 29.6 Å². The molecule has 0 saturated carbocycles. The maximum Gasteiger partial charge on any atom is 0.125 e. The van der Waals surface area contributed by atoms with Gasteiger partial charge in [0.05, 0.1) is 12.1 Å². The van der Waals surface area contributed by atoms with Crippen molar-refractivity contribution in [1.29, 1.82) is 0 Å². The van der Waals surface area contributed by atoms with Crippen LogP contribution in [0.5, 0.6) is 0 Å². The van der Waals surface area contributed by atoms with Gasteiger partial charge in [0.1, 0.15) is 5.82 Å². The summed E-state index contributed by atoms with van der Waals surface area (Å²) in [4.78, 5) is 0. The minimum Gasteiger partial charge on any atom is -0.399 e. The first-order valence-corrected chi connectivity index (χ1v) is 4.00.